The third-order valence-electron chi connectivity index (χ3n) is 3.60. The molecule has 1 aliphatic heterocycles. The van der Waals surface area contributed by atoms with Crippen LogP contribution < -0.4 is 0 Å². The Hall–Kier alpha value is -0.810. The van der Waals surface area contributed by atoms with Gasteiger partial charge in [0.05, 0.1) is 12.7 Å². The van der Waals surface area contributed by atoms with Crippen molar-refractivity contribution in [2.24, 2.45) is 0 Å². The number of morpholine rings is 1. The van der Waals surface area contributed by atoms with Gasteiger partial charge in [0.2, 0.25) is 0 Å². The number of carbonyl (C=O) groups excluding carboxylic acids is 1. The minimum atomic E-state index is -0.0653. The van der Waals surface area contributed by atoms with E-state index in [1.54, 1.807) is 24.1 Å². The molecule has 0 aliphatic carbocycles. The molecule has 21 heavy (non-hydrogen) atoms. The Bertz CT molecular complexity index is 499. The van der Waals surface area contributed by atoms with Crippen LogP contribution >= 0.6 is 23.2 Å². The van der Waals surface area contributed by atoms with Gasteiger partial charge in [0.15, 0.2) is 0 Å². The van der Waals surface area contributed by atoms with Crippen molar-refractivity contribution < 1.29 is 14.3 Å². The van der Waals surface area contributed by atoms with Gasteiger partial charge in [0.25, 0.3) is 5.91 Å². The van der Waals surface area contributed by atoms with Crippen LogP contribution in [0.2, 0.25) is 10.0 Å². The van der Waals surface area contributed by atoms with E-state index in [4.69, 9.17) is 32.7 Å². The SMILES string of the molecule is COCC[C@@H]1CN(C(=O)c2cc(Cl)c(C)c(Cl)c2)CCO1. The lowest BCUT2D eigenvalue weighted by Gasteiger charge is -2.33. The van der Waals surface area contributed by atoms with E-state index in [0.717, 1.165) is 12.0 Å². The van der Waals surface area contributed by atoms with Gasteiger partial charge in [-0.1, -0.05) is 23.2 Å². The van der Waals surface area contributed by atoms with Crippen LogP contribution in [0.3, 0.4) is 0 Å². The highest BCUT2D eigenvalue weighted by Crippen LogP contribution is 2.26. The van der Waals surface area contributed by atoms with Gasteiger partial charge < -0.3 is 14.4 Å². The molecule has 6 heteroatoms. The average Bonchev–Trinajstić information content (AvgIpc) is 2.49. The first-order valence-corrected chi connectivity index (χ1v) is 7.64. The lowest BCUT2D eigenvalue weighted by molar-refractivity contribution is -0.0332. The summed E-state index contributed by atoms with van der Waals surface area (Å²) in [7, 11) is 1.65. The van der Waals surface area contributed by atoms with E-state index >= 15 is 0 Å². The number of nitrogens with zero attached hydrogens (tertiary/aromatic N) is 1. The van der Waals surface area contributed by atoms with Gasteiger partial charge in [-0.05, 0) is 31.0 Å². The van der Waals surface area contributed by atoms with Crippen molar-refractivity contribution in [1.29, 1.82) is 0 Å². The molecule has 0 spiro atoms. The van der Waals surface area contributed by atoms with Crippen molar-refractivity contribution in [1.82, 2.24) is 4.90 Å². The third-order valence-corrected chi connectivity index (χ3v) is 4.38. The molecule has 1 fully saturated rings. The van der Waals surface area contributed by atoms with Crippen molar-refractivity contribution >= 4 is 29.1 Å². The Kier molecular flexibility index (Phi) is 5.88. The molecule has 1 atom stereocenters. The van der Waals surface area contributed by atoms with Gasteiger partial charge in [-0.15, -0.1) is 0 Å². The molecule has 0 bridgehead atoms. The fourth-order valence-electron chi connectivity index (χ4n) is 2.28. The van der Waals surface area contributed by atoms with Crippen molar-refractivity contribution in [3.8, 4) is 0 Å². The standard InChI is InChI=1S/C15H19Cl2NO3/c1-10-13(16)7-11(8-14(10)17)15(19)18-4-6-21-12(9-18)3-5-20-2/h7-8,12H,3-6,9H2,1-2H3/t12-/m1/s1. The van der Waals surface area contributed by atoms with E-state index in [2.05, 4.69) is 0 Å². The van der Waals surface area contributed by atoms with E-state index in [0.29, 0.717) is 41.9 Å². The van der Waals surface area contributed by atoms with Crippen LogP contribution in [0.5, 0.6) is 0 Å². The molecule has 1 aromatic rings. The monoisotopic (exact) mass is 331 g/mol. The fraction of sp³-hybridized carbons (Fsp3) is 0.533. The average molecular weight is 332 g/mol. The Balaban J connectivity index is 2.09. The summed E-state index contributed by atoms with van der Waals surface area (Å²) >= 11 is 12.2. The Labute approximate surface area is 134 Å². The van der Waals surface area contributed by atoms with Crippen LogP contribution in [-0.4, -0.2) is 50.3 Å². The number of hydrogen-bond acceptors (Lipinski definition) is 3. The van der Waals surface area contributed by atoms with E-state index in [1.165, 1.54) is 0 Å². The zero-order chi connectivity index (χ0) is 15.4. The number of hydrogen-bond donors (Lipinski definition) is 0. The topological polar surface area (TPSA) is 38.8 Å². The van der Waals surface area contributed by atoms with Crippen LogP contribution in [0.25, 0.3) is 0 Å². The lowest BCUT2D eigenvalue weighted by atomic mass is 10.1. The summed E-state index contributed by atoms with van der Waals surface area (Å²) in [5, 5.41) is 1.02. The van der Waals surface area contributed by atoms with Crippen LogP contribution in [0.15, 0.2) is 12.1 Å². The summed E-state index contributed by atoms with van der Waals surface area (Å²) in [4.78, 5) is 14.3. The summed E-state index contributed by atoms with van der Waals surface area (Å²) in [6.45, 7) is 4.12. The van der Waals surface area contributed by atoms with E-state index in [1.807, 2.05) is 6.92 Å². The van der Waals surface area contributed by atoms with Crippen LogP contribution in [0, 0.1) is 6.92 Å². The first-order valence-electron chi connectivity index (χ1n) is 6.88. The second-order valence-electron chi connectivity index (χ2n) is 5.09. The maximum Gasteiger partial charge on any atom is 0.254 e. The van der Waals surface area contributed by atoms with Gasteiger partial charge in [-0.25, -0.2) is 0 Å². The summed E-state index contributed by atoms with van der Waals surface area (Å²) in [5.41, 5.74) is 1.30. The minimum absolute atomic E-state index is 0.0130. The number of benzene rings is 1. The minimum Gasteiger partial charge on any atom is -0.385 e. The molecular formula is C15H19Cl2NO3. The van der Waals surface area contributed by atoms with Crippen LogP contribution in [0.1, 0.15) is 22.3 Å². The number of rotatable bonds is 4. The quantitative estimate of drug-likeness (QED) is 0.850. The fourth-order valence-corrected chi connectivity index (χ4v) is 2.77. The molecule has 116 valence electrons. The Morgan fingerprint density at radius 1 is 1.43 bits per heavy atom. The third kappa shape index (κ3) is 4.10. The largest absolute Gasteiger partial charge is 0.385 e. The predicted molar refractivity (Wildman–Crippen MR) is 83.3 cm³/mol. The molecule has 0 radical (unpaired) electrons. The maximum atomic E-state index is 12.6. The molecule has 4 nitrogen and oxygen atoms in total. The zero-order valence-electron chi connectivity index (χ0n) is 12.2. The lowest BCUT2D eigenvalue weighted by Crippen LogP contribution is -2.46. The molecule has 0 saturated carbocycles. The van der Waals surface area contributed by atoms with E-state index in [9.17, 15) is 4.79 Å². The Morgan fingerprint density at radius 3 is 2.71 bits per heavy atom. The molecule has 0 unspecified atom stereocenters. The molecule has 0 aromatic heterocycles. The molecule has 1 saturated heterocycles. The van der Waals surface area contributed by atoms with E-state index in [-0.39, 0.29) is 12.0 Å². The highest BCUT2D eigenvalue weighted by Gasteiger charge is 2.25. The highest BCUT2D eigenvalue weighted by atomic mass is 35.5. The first kappa shape index (κ1) is 16.6. The Morgan fingerprint density at radius 2 is 2.10 bits per heavy atom. The van der Waals surface area contributed by atoms with Gasteiger partial charge >= 0.3 is 0 Å². The molecular weight excluding hydrogens is 313 g/mol. The maximum absolute atomic E-state index is 12.6. The predicted octanol–water partition coefficient (Wildman–Crippen LogP) is 3.18. The van der Waals surface area contributed by atoms with Crippen molar-refractivity contribution in [2.45, 2.75) is 19.4 Å². The summed E-state index contributed by atoms with van der Waals surface area (Å²) in [6, 6.07) is 3.34. The van der Waals surface area contributed by atoms with Gasteiger partial charge in [0.1, 0.15) is 0 Å². The number of carbonyl (C=O) groups is 1. The number of amides is 1. The second kappa shape index (κ2) is 7.45. The van der Waals surface area contributed by atoms with Crippen molar-refractivity contribution in [3.05, 3.63) is 33.3 Å². The van der Waals surface area contributed by atoms with Gasteiger partial charge in [-0.3, -0.25) is 4.79 Å². The molecule has 0 N–H and O–H groups in total. The molecule has 1 aliphatic rings. The van der Waals surface area contributed by atoms with Crippen molar-refractivity contribution in [3.63, 3.8) is 0 Å². The molecule has 1 aromatic carbocycles. The highest BCUT2D eigenvalue weighted by molar-refractivity contribution is 6.36. The smallest absolute Gasteiger partial charge is 0.254 e. The normalized spacial score (nSPS) is 18.9. The summed E-state index contributed by atoms with van der Waals surface area (Å²) < 4.78 is 10.7. The zero-order valence-corrected chi connectivity index (χ0v) is 13.7. The van der Waals surface area contributed by atoms with E-state index < -0.39 is 0 Å². The van der Waals surface area contributed by atoms with Gasteiger partial charge in [0, 0.05) is 42.4 Å². The van der Waals surface area contributed by atoms with Crippen molar-refractivity contribution in [2.75, 3.05) is 33.4 Å². The number of methoxy groups -OCH3 is 1. The number of halogens is 2. The van der Waals surface area contributed by atoms with Crippen LogP contribution in [0.4, 0.5) is 0 Å². The second-order valence-corrected chi connectivity index (χ2v) is 5.90. The summed E-state index contributed by atoms with van der Waals surface area (Å²) in [6.07, 6.45) is 0.787. The summed E-state index contributed by atoms with van der Waals surface area (Å²) in [5.74, 6) is -0.0653. The van der Waals surface area contributed by atoms with Gasteiger partial charge in [-0.2, -0.15) is 0 Å². The first-order chi connectivity index (χ1) is 10.0. The molecule has 1 amide bonds. The van der Waals surface area contributed by atoms with Crippen LogP contribution in [-0.2, 0) is 9.47 Å². The molecule has 1 heterocycles. The number of ether oxygens (including phenoxy) is 2. The molecule has 2 rings (SSSR count).